The van der Waals surface area contributed by atoms with E-state index in [2.05, 4.69) is 5.10 Å². The van der Waals surface area contributed by atoms with Crippen molar-refractivity contribution in [3.8, 4) is 5.69 Å². The van der Waals surface area contributed by atoms with Gasteiger partial charge in [0.15, 0.2) is 0 Å². The molecule has 6 nitrogen and oxygen atoms in total. The fraction of sp³-hybridized carbons (Fsp3) is 0.476. The molecule has 1 saturated heterocycles. The number of benzene rings is 1. The Morgan fingerprint density at radius 1 is 1.14 bits per heavy atom. The molecule has 0 atom stereocenters. The first-order valence-corrected chi connectivity index (χ1v) is 9.97. The second-order valence-electron chi connectivity index (χ2n) is 7.69. The van der Waals surface area contributed by atoms with Gasteiger partial charge in [0.2, 0.25) is 0 Å². The summed E-state index contributed by atoms with van der Waals surface area (Å²) < 4.78 is 33.3. The zero-order valence-corrected chi connectivity index (χ0v) is 16.0. The Morgan fingerprint density at radius 3 is 2.55 bits per heavy atom. The maximum Gasteiger partial charge on any atom is 0.410 e. The minimum atomic E-state index is -0.678. The van der Waals surface area contributed by atoms with E-state index in [9.17, 15) is 18.4 Å². The fourth-order valence-corrected chi connectivity index (χ4v) is 4.20. The van der Waals surface area contributed by atoms with Gasteiger partial charge in [-0.05, 0) is 50.3 Å². The van der Waals surface area contributed by atoms with Crippen LogP contribution in [-0.4, -0.2) is 45.8 Å². The van der Waals surface area contributed by atoms with Gasteiger partial charge in [0.05, 0.1) is 24.4 Å². The maximum absolute atomic E-state index is 13.4. The summed E-state index contributed by atoms with van der Waals surface area (Å²) in [4.78, 5) is 26.4. The molecule has 2 heterocycles. The molecule has 0 bridgehead atoms. The molecule has 2 fully saturated rings. The highest BCUT2D eigenvalue weighted by Crippen LogP contribution is 2.30. The van der Waals surface area contributed by atoms with Gasteiger partial charge in [-0.15, -0.1) is 0 Å². The Bertz CT molecular complexity index is 886. The Balaban J connectivity index is 1.33. The predicted octanol–water partition coefficient (Wildman–Crippen LogP) is 3.66. The fourth-order valence-electron chi connectivity index (χ4n) is 4.20. The highest BCUT2D eigenvalue weighted by atomic mass is 19.1. The SMILES string of the molecule is O=C(Cc1ccn(-c2cc(F)cc(F)c2)n1)C1CCC(N2CCCOC2=O)CC1. The molecule has 1 aromatic heterocycles. The molecular weight excluding hydrogens is 380 g/mol. The number of ketones is 1. The van der Waals surface area contributed by atoms with Crippen molar-refractivity contribution in [1.29, 1.82) is 0 Å². The summed E-state index contributed by atoms with van der Waals surface area (Å²) in [6, 6.07) is 5.02. The lowest BCUT2D eigenvalue weighted by Crippen LogP contribution is -2.46. The minimum absolute atomic E-state index is 0.0520. The lowest BCUT2D eigenvalue weighted by molar-refractivity contribution is -0.123. The molecule has 1 aliphatic heterocycles. The number of amides is 1. The van der Waals surface area contributed by atoms with Crippen molar-refractivity contribution in [2.24, 2.45) is 5.92 Å². The third kappa shape index (κ3) is 4.46. The average Bonchev–Trinajstić information content (AvgIpc) is 3.16. The number of aromatic nitrogens is 2. The summed E-state index contributed by atoms with van der Waals surface area (Å²) in [6.07, 6.45) is 5.45. The van der Waals surface area contributed by atoms with Crippen LogP contribution < -0.4 is 0 Å². The molecule has 154 valence electrons. The van der Waals surface area contributed by atoms with Gasteiger partial charge in [-0.2, -0.15) is 5.10 Å². The first kappa shape index (κ1) is 19.5. The molecule has 1 amide bonds. The van der Waals surface area contributed by atoms with Crippen LogP contribution in [0.4, 0.5) is 13.6 Å². The Morgan fingerprint density at radius 2 is 1.86 bits per heavy atom. The number of cyclic esters (lactones) is 1. The largest absolute Gasteiger partial charge is 0.449 e. The van der Waals surface area contributed by atoms with Crippen LogP contribution in [-0.2, 0) is 16.0 Å². The van der Waals surface area contributed by atoms with Crippen molar-refractivity contribution in [2.45, 2.75) is 44.6 Å². The zero-order chi connectivity index (χ0) is 20.4. The molecule has 1 aromatic carbocycles. The highest BCUT2D eigenvalue weighted by molar-refractivity contribution is 5.83. The van der Waals surface area contributed by atoms with Gasteiger partial charge in [0, 0.05) is 30.8 Å². The average molecular weight is 403 g/mol. The number of rotatable bonds is 5. The summed E-state index contributed by atoms with van der Waals surface area (Å²) in [6.45, 7) is 1.21. The first-order chi connectivity index (χ1) is 14.0. The number of halogens is 2. The van der Waals surface area contributed by atoms with Gasteiger partial charge >= 0.3 is 6.09 Å². The monoisotopic (exact) mass is 403 g/mol. The Labute approximate surface area is 167 Å². The molecule has 8 heteroatoms. The number of ether oxygens (including phenoxy) is 1. The number of nitrogens with zero attached hydrogens (tertiary/aromatic N) is 3. The topological polar surface area (TPSA) is 64.4 Å². The Hall–Kier alpha value is -2.77. The van der Waals surface area contributed by atoms with E-state index in [0.29, 0.717) is 12.3 Å². The van der Waals surface area contributed by atoms with Gasteiger partial charge in [0.1, 0.15) is 17.4 Å². The van der Waals surface area contributed by atoms with Crippen LogP contribution in [0.5, 0.6) is 0 Å². The van der Waals surface area contributed by atoms with Crippen LogP contribution in [0.3, 0.4) is 0 Å². The van der Waals surface area contributed by atoms with E-state index in [-0.39, 0.29) is 35.9 Å². The molecule has 0 N–H and O–H groups in total. The molecule has 4 rings (SSSR count). The van der Waals surface area contributed by atoms with Gasteiger partial charge < -0.3 is 9.64 Å². The molecule has 0 radical (unpaired) electrons. The van der Waals surface area contributed by atoms with Crippen molar-refractivity contribution < 1.29 is 23.1 Å². The molecule has 2 aromatic rings. The number of hydrogen-bond acceptors (Lipinski definition) is 4. The zero-order valence-electron chi connectivity index (χ0n) is 16.0. The summed E-state index contributed by atoms with van der Waals surface area (Å²) >= 11 is 0. The maximum atomic E-state index is 13.4. The number of Topliss-reactive ketones (excluding diaryl/α,β-unsaturated/α-hetero) is 1. The number of carbonyl (C=O) groups excluding carboxylic acids is 2. The lowest BCUT2D eigenvalue weighted by Gasteiger charge is -2.37. The van der Waals surface area contributed by atoms with Crippen LogP contribution in [0.25, 0.3) is 5.69 Å². The van der Waals surface area contributed by atoms with Crippen molar-refractivity contribution in [3.05, 3.63) is 47.8 Å². The van der Waals surface area contributed by atoms with Crippen molar-refractivity contribution in [1.82, 2.24) is 14.7 Å². The van der Waals surface area contributed by atoms with E-state index < -0.39 is 11.6 Å². The van der Waals surface area contributed by atoms with Crippen LogP contribution in [0.1, 0.15) is 37.8 Å². The van der Waals surface area contributed by atoms with E-state index in [1.165, 1.54) is 16.8 Å². The number of carbonyl (C=O) groups is 2. The van der Waals surface area contributed by atoms with Gasteiger partial charge in [0.25, 0.3) is 0 Å². The molecule has 1 aliphatic carbocycles. The van der Waals surface area contributed by atoms with Gasteiger partial charge in [-0.25, -0.2) is 18.3 Å². The summed E-state index contributed by atoms with van der Waals surface area (Å²) in [5, 5.41) is 4.29. The van der Waals surface area contributed by atoms with Crippen molar-refractivity contribution >= 4 is 11.9 Å². The van der Waals surface area contributed by atoms with Crippen LogP contribution in [0.2, 0.25) is 0 Å². The second-order valence-corrected chi connectivity index (χ2v) is 7.69. The minimum Gasteiger partial charge on any atom is -0.449 e. The van der Waals surface area contributed by atoms with E-state index in [0.717, 1.165) is 44.7 Å². The molecular formula is C21H23F2N3O3. The summed E-state index contributed by atoms with van der Waals surface area (Å²) in [5.74, 6) is -1.30. The van der Waals surface area contributed by atoms with Crippen LogP contribution in [0, 0.1) is 17.6 Å². The second kappa shape index (κ2) is 8.31. The van der Waals surface area contributed by atoms with E-state index in [4.69, 9.17) is 4.74 Å². The number of hydrogen-bond donors (Lipinski definition) is 0. The first-order valence-electron chi connectivity index (χ1n) is 9.97. The van der Waals surface area contributed by atoms with Crippen LogP contribution >= 0.6 is 0 Å². The molecule has 29 heavy (non-hydrogen) atoms. The predicted molar refractivity (Wildman–Crippen MR) is 101 cm³/mol. The van der Waals surface area contributed by atoms with E-state index in [1.54, 1.807) is 17.2 Å². The molecule has 0 spiro atoms. The molecule has 0 unspecified atom stereocenters. The standard InChI is InChI=1S/C21H23F2N3O3/c22-15-10-16(23)12-19(11-15)26-8-6-17(24-26)13-20(27)14-2-4-18(5-3-14)25-7-1-9-29-21(25)28/h6,8,10-12,14,18H,1-5,7,9,13H2. The van der Waals surface area contributed by atoms with E-state index >= 15 is 0 Å². The third-order valence-electron chi connectivity index (χ3n) is 5.71. The summed E-state index contributed by atoms with van der Waals surface area (Å²) in [5.41, 5.74) is 0.844. The highest BCUT2D eigenvalue weighted by Gasteiger charge is 2.33. The molecule has 2 aliphatic rings. The molecule has 1 saturated carbocycles. The van der Waals surface area contributed by atoms with Gasteiger partial charge in [-0.1, -0.05) is 0 Å². The smallest absolute Gasteiger partial charge is 0.410 e. The van der Waals surface area contributed by atoms with E-state index in [1.807, 2.05) is 0 Å². The normalized spacial score (nSPS) is 22.4. The van der Waals surface area contributed by atoms with Crippen molar-refractivity contribution in [2.75, 3.05) is 13.2 Å². The van der Waals surface area contributed by atoms with Crippen molar-refractivity contribution in [3.63, 3.8) is 0 Å². The third-order valence-corrected chi connectivity index (χ3v) is 5.71. The quantitative estimate of drug-likeness (QED) is 0.764. The Kier molecular flexibility index (Phi) is 5.60. The van der Waals surface area contributed by atoms with Crippen LogP contribution in [0.15, 0.2) is 30.5 Å². The van der Waals surface area contributed by atoms with Gasteiger partial charge in [-0.3, -0.25) is 4.79 Å². The summed E-state index contributed by atoms with van der Waals surface area (Å²) in [7, 11) is 0. The lowest BCUT2D eigenvalue weighted by atomic mass is 9.81.